The molecule has 5 nitrogen and oxygen atoms in total. The van der Waals surface area contributed by atoms with Crippen molar-refractivity contribution in [3.8, 4) is 5.75 Å². The Balaban J connectivity index is 2.09. The SMILES string of the molecule is O=C(CO)N(Cc1ccc(O)cc1)Cc1ccco1. The fourth-order valence-corrected chi connectivity index (χ4v) is 1.74. The highest BCUT2D eigenvalue weighted by atomic mass is 16.3. The molecule has 0 spiro atoms. The van der Waals surface area contributed by atoms with E-state index in [9.17, 15) is 9.90 Å². The molecule has 1 aromatic carbocycles. The third-order valence-corrected chi connectivity index (χ3v) is 2.72. The molecular formula is C14H15NO4. The summed E-state index contributed by atoms with van der Waals surface area (Å²) in [5.74, 6) is 0.458. The molecule has 19 heavy (non-hydrogen) atoms. The van der Waals surface area contributed by atoms with E-state index in [4.69, 9.17) is 9.52 Å². The van der Waals surface area contributed by atoms with Gasteiger partial charge in [-0.3, -0.25) is 4.79 Å². The van der Waals surface area contributed by atoms with Crippen LogP contribution in [0.25, 0.3) is 0 Å². The molecule has 1 aromatic heterocycles. The van der Waals surface area contributed by atoms with Crippen LogP contribution in [0.1, 0.15) is 11.3 Å². The predicted octanol–water partition coefficient (Wildman–Crippen LogP) is 1.51. The lowest BCUT2D eigenvalue weighted by Crippen LogP contribution is -2.32. The zero-order valence-corrected chi connectivity index (χ0v) is 10.3. The minimum absolute atomic E-state index is 0.176. The fourth-order valence-electron chi connectivity index (χ4n) is 1.74. The predicted molar refractivity (Wildman–Crippen MR) is 68.2 cm³/mol. The zero-order valence-electron chi connectivity index (χ0n) is 10.3. The van der Waals surface area contributed by atoms with Crippen LogP contribution in [0, 0.1) is 0 Å². The molecular weight excluding hydrogens is 246 g/mol. The van der Waals surface area contributed by atoms with Gasteiger partial charge in [0.2, 0.25) is 5.91 Å². The first-order valence-corrected chi connectivity index (χ1v) is 5.88. The molecule has 1 heterocycles. The third kappa shape index (κ3) is 3.59. The Morgan fingerprint density at radius 1 is 1.16 bits per heavy atom. The molecule has 2 rings (SSSR count). The molecule has 0 atom stereocenters. The molecule has 0 aliphatic carbocycles. The van der Waals surface area contributed by atoms with E-state index in [0.717, 1.165) is 5.56 Å². The topological polar surface area (TPSA) is 73.9 Å². The van der Waals surface area contributed by atoms with Gasteiger partial charge < -0.3 is 19.5 Å². The van der Waals surface area contributed by atoms with Gasteiger partial charge in [-0.2, -0.15) is 0 Å². The number of benzene rings is 1. The van der Waals surface area contributed by atoms with Crippen molar-refractivity contribution in [1.82, 2.24) is 4.90 Å². The summed E-state index contributed by atoms with van der Waals surface area (Å²) in [6, 6.07) is 10.1. The molecule has 1 amide bonds. The maximum Gasteiger partial charge on any atom is 0.248 e. The molecule has 0 saturated carbocycles. The van der Waals surface area contributed by atoms with Crippen molar-refractivity contribution in [2.24, 2.45) is 0 Å². The van der Waals surface area contributed by atoms with E-state index in [1.54, 1.807) is 36.4 Å². The molecule has 2 N–H and O–H groups in total. The first-order chi connectivity index (χ1) is 9.19. The summed E-state index contributed by atoms with van der Waals surface area (Å²) in [5, 5.41) is 18.2. The Morgan fingerprint density at radius 3 is 2.47 bits per heavy atom. The number of phenols is 1. The summed E-state index contributed by atoms with van der Waals surface area (Å²) in [7, 11) is 0. The van der Waals surface area contributed by atoms with Gasteiger partial charge in [0.15, 0.2) is 0 Å². The molecule has 0 radical (unpaired) electrons. The highest BCUT2D eigenvalue weighted by Gasteiger charge is 2.14. The molecule has 0 aliphatic heterocycles. The van der Waals surface area contributed by atoms with Crippen LogP contribution in [-0.4, -0.2) is 27.6 Å². The van der Waals surface area contributed by atoms with E-state index >= 15 is 0 Å². The van der Waals surface area contributed by atoms with Gasteiger partial charge in [-0.1, -0.05) is 12.1 Å². The molecule has 0 saturated heterocycles. The maximum absolute atomic E-state index is 11.7. The molecule has 0 bridgehead atoms. The minimum atomic E-state index is -0.543. The van der Waals surface area contributed by atoms with Gasteiger partial charge in [0, 0.05) is 6.54 Å². The largest absolute Gasteiger partial charge is 0.508 e. The Labute approximate surface area is 110 Å². The quantitative estimate of drug-likeness (QED) is 0.855. The number of aromatic hydroxyl groups is 1. The molecule has 2 aromatic rings. The van der Waals surface area contributed by atoms with E-state index in [-0.39, 0.29) is 11.7 Å². The van der Waals surface area contributed by atoms with Crippen LogP contribution in [0.3, 0.4) is 0 Å². The number of carbonyl (C=O) groups is 1. The van der Waals surface area contributed by atoms with Gasteiger partial charge in [0.1, 0.15) is 18.1 Å². The lowest BCUT2D eigenvalue weighted by Gasteiger charge is -2.20. The number of amides is 1. The van der Waals surface area contributed by atoms with Crippen molar-refractivity contribution in [1.29, 1.82) is 0 Å². The number of rotatable bonds is 5. The van der Waals surface area contributed by atoms with Crippen LogP contribution in [-0.2, 0) is 17.9 Å². The smallest absolute Gasteiger partial charge is 0.248 e. The van der Waals surface area contributed by atoms with E-state index < -0.39 is 6.61 Å². The maximum atomic E-state index is 11.7. The van der Waals surface area contributed by atoms with Crippen molar-refractivity contribution in [3.63, 3.8) is 0 Å². The van der Waals surface area contributed by atoms with Crippen molar-refractivity contribution >= 4 is 5.91 Å². The van der Waals surface area contributed by atoms with Crippen molar-refractivity contribution < 1.29 is 19.4 Å². The second-order valence-corrected chi connectivity index (χ2v) is 4.15. The first-order valence-electron chi connectivity index (χ1n) is 5.88. The van der Waals surface area contributed by atoms with Gasteiger partial charge in [0.25, 0.3) is 0 Å². The van der Waals surface area contributed by atoms with Crippen LogP contribution in [0.5, 0.6) is 5.75 Å². The molecule has 0 unspecified atom stereocenters. The highest BCUT2D eigenvalue weighted by Crippen LogP contribution is 2.14. The first kappa shape index (κ1) is 13.2. The Hall–Kier alpha value is -2.27. The summed E-state index contributed by atoms with van der Waals surface area (Å²) in [5.41, 5.74) is 0.867. The fraction of sp³-hybridized carbons (Fsp3) is 0.214. The minimum Gasteiger partial charge on any atom is -0.508 e. The van der Waals surface area contributed by atoms with Gasteiger partial charge in [0.05, 0.1) is 12.8 Å². The zero-order chi connectivity index (χ0) is 13.7. The van der Waals surface area contributed by atoms with Gasteiger partial charge in [-0.05, 0) is 29.8 Å². The number of furan rings is 1. The van der Waals surface area contributed by atoms with E-state index in [0.29, 0.717) is 18.8 Å². The average Bonchev–Trinajstić information content (AvgIpc) is 2.92. The number of nitrogens with zero attached hydrogens (tertiary/aromatic N) is 1. The number of aliphatic hydroxyl groups excluding tert-OH is 1. The van der Waals surface area contributed by atoms with Gasteiger partial charge in [-0.25, -0.2) is 0 Å². The van der Waals surface area contributed by atoms with E-state index in [1.165, 1.54) is 11.2 Å². The normalized spacial score (nSPS) is 10.4. The van der Waals surface area contributed by atoms with Crippen LogP contribution in [0.4, 0.5) is 0 Å². The van der Waals surface area contributed by atoms with Crippen LogP contribution < -0.4 is 0 Å². The summed E-state index contributed by atoms with van der Waals surface area (Å²) in [6.07, 6.45) is 1.54. The van der Waals surface area contributed by atoms with E-state index in [2.05, 4.69) is 0 Å². The summed E-state index contributed by atoms with van der Waals surface area (Å²) < 4.78 is 5.20. The monoisotopic (exact) mass is 261 g/mol. The highest BCUT2D eigenvalue weighted by molar-refractivity contribution is 5.77. The Morgan fingerprint density at radius 2 is 1.89 bits per heavy atom. The van der Waals surface area contributed by atoms with E-state index in [1.807, 2.05) is 0 Å². The number of aliphatic hydroxyl groups is 1. The lowest BCUT2D eigenvalue weighted by molar-refractivity contribution is -0.135. The summed E-state index contributed by atoms with van der Waals surface area (Å²) in [4.78, 5) is 13.2. The van der Waals surface area contributed by atoms with Crippen molar-refractivity contribution in [3.05, 3.63) is 54.0 Å². The Bertz CT molecular complexity index is 519. The molecule has 0 fully saturated rings. The average molecular weight is 261 g/mol. The molecule has 100 valence electrons. The standard InChI is InChI=1S/C14H15NO4/c16-10-14(18)15(9-13-2-1-7-19-13)8-11-3-5-12(17)6-4-11/h1-7,16-17H,8-10H2. The van der Waals surface area contributed by atoms with Crippen LogP contribution in [0.2, 0.25) is 0 Å². The number of carbonyl (C=O) groups excluding carboxylic acids is 1. The number of hydrogen-bond acceptors (Lipinski definition) is 4. The molecule has 5 heteroatoms. The number of hydrogen-bond donors (Lipinski definition) is 2. The molecule has 0 aliphatic rings. The second-order valence-electron chi connectivity index (χ2n) is 4.15. The number of phenolic OH excluding ortho intramolecular Hbond substituents is 1. The van der Waals surface area contributed by atoms with Crippen molar-refractivity contribution in [2.75, 3.05) is 6.61 Å². The Kier molecular flexibility index (Phi) is 4.20. The summed E-state index contributed by atoms with van der Waals surface area (Å²) in [6.45, 7) is 0.104. The lowest BCUT2D eigenvalue weighted by atomic mass is 10.2. The third-order valence-electron chi connectivity index (χ3n) is 2.72. The summed E-state index contributed by atoms with van der Waals surface area (Å²) >= 11 is 0. The van der Waals surface area contributed by atoms with Crippen LogP contribution >= 0.6 is 0 Å². The van der Waals surface area contributed by atoms with Gasteiger partial charge >= 0.3 is 0 Å². The van der Waals surface area contributed by atoms with Crippen molar-refractivity contribution in [2.45, 2.75) is 13.1 Å². The van der Waals surface area contributed by atoms with Crippen LogP contribution in [0.15, 0.2) is 47.1 Å². The second kappa shape index (κ2) is 6.06. The van der Waals surface area contributed by atoms with Gasteiger partial charge in [-0.15, -0.1) is 0 Å².